The number of hydrogen-bond donors (Lipinski definition) is 1. The van der Waals surface area contributed by atoms with Gasteiger partial charge >= 0.3 is 0 Å². The number of para-hydroxylation sites is 1. The first-order valence-corrected chi connectivity index (χ1v) is 8.16. The molecular weight excluding hydrogens is 260 g/mol. The molecule has 1 atom stereocenters. The summed E-state index contributed by atoms with van der Waals surface area (Å²) in [4.78, 5) is 14.7. The number of carbonyl (C=O) groups excluding carboxylic acids is 1. The summed E-state index contributed by atoms with van der Waals surface area (Å²) < 4.78 is 0. The second-order valence-corrected chi connectivity index (χ2v) is 7.27. The molecule has 3 rings (SSSR count). The van der Waals surface area contributed by atoms with Crippen LogP contribution in [0.2, 0.25) is 0 Å². The standard InChI is InChI=1S/C18H26N2O/c1-18(2)8-5-10-20(11-9-18)17(21)12-14-13-19-16-7-4-3-6-15(14)16/h3-4,6-7,14,19H,5,8-13H2,1-2H3. The Morgan fingerprint density at radius 3 is 2.95 bits per heavy atom. The van der Waals surface area contributed by atoms with Crippen molar-refractivity contribution < 1.29 is 4.79 Å². The fourth-order valence-electron chi connectivity index (χ4n) is 3.55. The maximum absolute atomic E-state index is 12.6. The van der Waals surface area contributed by atoms with Gasteiger partial charge in [0, 0.05) is 37.7 Å². The van der Waals surface area contributed by atoms with Crippen LogP contribution in [-0.4, -0.2) is 30.4 Å². The fraction of sp³-hybridized carbons (Fsp3) is 0.611. The number of likely N-dealkylation sites (tertiary alicyclic amines) is 1. The number of nitrogens with zero attached hydrogens (tertiary/aromatic N) is 1. The van der Waals surface area contributed by atoms with E-state index in [0.29, 0.717) is 23.7 Å². The minimum atomic E-state index is 0.330. The molecule has 2 heterocycles. The van der Waals surface area contributed by atoms with Crippen molar-refractivity contribution in [3.63, 3.8) is 0 Å². The van der Waals surface area contributed by atoms with Crippen LogP contribution in [0.25, 0.3) is 0 Å². The molecule has 21 heavy (non-hydrogen) atoms. The lowest BCUT2D eigenvalue weighted by molar-refractivity contribution is -0.131. The SMILES string of the molecule is CC1(C)CCCN(C(=O)CC2CNc3ccccc32)CC1. The second kappa shape index (κ2) is 5.70. The van der Waals surface area contributed by atoms with Gasteiger partial charge in [0.25, 0.3) is 0 Å². The van der Waals surface area contributed by atoms with Gasteiger partial charge in [-0.15, -0.1) is 0 Å². The summed E-state index contributed by atoms with van der Waals surface area (Å²) in [7, 11) is 0. The van der Waals surface area contributed by atoms with Crippen molar-refractivity contribution in [3.05, 3.63) is 29.8 Å². The highest BCUT2D eigenvalue weighted by atomic mass is 16.2. The van der Waals surface area contributed by atoms with Crippen LogP contribution in [-0.2, 0) is 4.79 Å². The Kier molecular flexibility index (Phi) is 3.92. The number of rotatable bonds is 2. The van der Waals surface area contributed by atoms with E-state index in [9.17, 15) is 4.79 Å². The van der Waals surface area contributed by atoms with Gasteiger partial charge in [-0.25, -0.2) is 0 Å². The van der Waals surface area contributed by atoms with Gasteiger partial charge in [-0.2, -0.15) is 0 Å². The molecule has 0 aliphatic carbocycles. The number of fused-ring (bicyclic) bond motifs is 1. The largest absolute Gasteiger partial charge is 0.384 e. The van der Waals surface area contributed by atoms with Crippen LogP contribution < -0.4 is 5.32 Å². The third-order valence-corrected chi connectivity index (χ3v) is 5.05. The highest BCUT2D eigenvalue weighted by Gasteiger charge is 2.29. The number of hydrogen-bond acceptors (Lipinski definition) is 2. The molecule has 114 valence electrons. The Morgan fingerprint density at radius 1 is 1.29 bits per heavy atom. The molecule has 0 radical (unpaired) electrons. The van der Waals surface area contributed by atoms with Gasteiger partial charge in [0.05, 0.1) is 0 Å². The zero-order valence-corrected chi connectivity index (χ0v) is 13.2. The number of amides is 1. The monoisotopic (exact) mass is 286 g/mol. The second-order valence-electron chi connectivity index (χ2n) is 7.27. The van der Waals surface area contributed by atoms with E-state index >= 15 is 0 Å². The van der Waals surface area contributed by atoms with Crippen LogP contribution in [0.3, 0.4) is 0 Å². The van der Waals surface area contributed by atoms with E-state index < -0.39 is 0 Å². The summed E-state index contributed by atoms with van der Waals surface area (Å²) in [5.74, 6) is 0.668. The molecule has 2 aliphatic heterocycles. The van der Waals surface area contributed by atoms with E-state index in [-0.39, 0.29) is 0 Å². The van der Waals surface area contributed by atoms with Gasteiger partial charge < -0.3 is 10.2 Å². The van der Waals surface area contributed by atoms with E-state index in [1.807, 2.05) is 6.07 Å². The molecule has 1 amide bonds. The average Bonchev–Trinajstić information content (AvgIpc) is 2.76. The molecule has 0 spiro atoms. The van der Waals surface area contributed by atoms with E-state index in [2.05, 4.69) is 42.3 Å². The molecule has 1 aromatic rings. The molecule has 3 nitrogen and oxygen atoms in total. The first-order chi connectivity index (χ1) is 10.1. The first-order valence-electron chi connectivity index (χ1n) is 8.16. The van der Waals surface area contributed by atoms with E-state index in [0.717, 1.165) is 32.5 Å². The van der Waals surface area contributed by atoms with Gasteiger partial charge in [0.2, 0.25) is 5.91 Å². The number of anilines is 1. The summed E-state index contributed by atoms with van der Waals surface area (Å²) in [6.45, 7) is 7.39. The summed E-state index contributed by atoms with van der Waals surface area (Å²) >= 11 is 0. The molecule has 1 aromatic carbocycles. The lowest BCUT2D eigenvalue weighted by Gasteiger charge is -2.24. The van der Waals surface area contributed by atoms with Crippen molar-refractivity contribution in [1.82, 2.24) is 4.90 Å². The number of benzene rings is 1. The molecule has 1 unspecified atom stereocenters. The molecule has 0 bridgehead atoms. The Bertz CT molecular complexity index is 524. The van der Waals surface area contributed by atoms with E-state index in [1.54, 1.807) is 0 Å². The van der Waals surface area contributed by atoms with Crippen LogP contribution in [0.5, 0.6) is 0 Å². The van der Waals surface area contributed by atoms with Gasteiger partial charge in [-0.05, 0) is 36.3 Å². The normalized spacial score (nSPS) is 24.1. The summed E-state index contributed by atoms with van der Waals surface area (Å²) in [5, 5.41) is 3.41. The fourth-order valence-corrected chi connectivity index (χ4v) is 3.55. The van der Waals surface area contributed by atoms with Gasteiger partial charge in [-0.3, -0.25) is 4.79 Å². The average molecular weight is 286 g/mol. The van der Waals surface area contributed by atoms with Crippen molar-refractivity contribution >= 4 is 11.6 Å². The summed E-state index contributed by atoms with van der Waals surface area (Å²) in [5.41, 5.74) is 2.89. The Morgan fingerprint density at radius 2 is 2.10 bits per heavy atom. The number of nitrogens with one attached hydrogen (secondary N) is 1. The van der Waals surface area contributed by atoms with Crippen molar-refractivity contribution in [2.24, 2.45) is 5.41 Å². The minimum Gasteiger partial charge on any atom is -0.384 e. The van der Waals surface area contributed by atoms with Crippen LogP contribution in [0.4, 0.5) is 5.69 Å². The van der Waals surface area contributed by atoms with Gasteiger partial charge in [-0.1, -0.05) is 32.0 Å². The van der Waals surface area contributed by atoms with Crippen LogP contribution >= 0.6 is 0 Å². The highest BCUT2D eigenvalue weighted by Crippen LogP contribution is 2.34. The van der Waals surface area contributed by atoms with Gasteiger partial charge in [0.15, 0.2) is 0 Å². The van der Waals surface area contributed by atoms with E-state index in [4.69, 9.17) is 0 Å². The zero-order valence-electron chi connectivity index (χ0n) is 13.2. The smallest absolute Gasteiger partial charge is 0.223 e. The maximum atomic E-state index is 12.6. The summed E-state index contributed by atoms with van der Waals surface area (Å²) in [6, 6.07) is 8.37. The molecule has 1 N–H and O–H groups in total. The highest BCUT2D eigenvalue weighted by molar-refractivity contribution is 5.78. The summed E-state index contributed by atoms with van der Waals surface area (Å²) in [6.07, 6.45) is 4.13. The molecule has 0 aromatic heterocycles. The molecular formula is C18H26N2O. The topological polar surface area (TPSA) is 32.3 Å². The molecule has 2 aliphatic rings. The van der Waals surface area contributed by atoms with Crippen LogP contribution in [0.1, 0.15) is 51.0 Å². The Hall–Kier alpha value is -1.51. The Labute approximate surface area is 127 Å². The molecule has 1 saturated heterocycles. The Balaban J connectivity index is 1.62. The molecule has 0 saturated carbocycles. The quantitative estimate of drug-likeness (QED) is 0.900. The first kappa shape index (κ1) is 14.4. The maximum Gasteiger partial charge on any atom is 0.223 e. The van der Waals surface area contributed by atoms with Gasteiger partial charge in [0.1, 0.15) is 0 Å². The zero-order chi connectivity index (χ0) is 14.9. The third kappa shape index (κ3) is 3.22. The lowest BCUT2D eigenvalue weighted by Crippen LogP contribution is -2.33. The predicted molar refractivity (Wildman–Crippen MR) is 86.5 cm³/mol. The van der Waals surface area contributed by atoms with Crippen molar-refractivity contribution in [2.75, 3.05) is 25.0 Å². The van der Waals surface area contributed by atoms with Crippen LogP contribution in [0.15, 0.2) is 24.3 Å². The predicted octanol–water partition coefficient (Wildman–Crippen LogP) is 3.62. The van der Waals surface area contributed by atoms with Crippen molar-refractivity contribution in [2.45, 2.75) is 45.4 Å². The van der Waals surface area contributed by atoms with Crippen LogP contribution in [0, 0.1) is 5.41 Å². The minimum absolute atomic E-state index is 0.330. The molecule has 3 heteroatoms. The van der Waals surface area contributed by atoms with Crippen molar-refractivity contribution in [3.8, 4) is 0 Å². The molecule has 1 fully saturated rings. The van der Waals surface area contributed by atoms with Crippen molar-refractivity contribution in [1.29, 1.82) is 0 Å². The van der Waals surface area contributed by atoms with E-state index in [1.165, 1.54) is 17.7 Å². The number of carbonyl (C=O) groups is 1. The lowest BCUT2D eigenvalue weighted by atomic mass is 9.85. The third-order valence-electron chi connectivity index (χ3n) is 5.05.